The molecule has 120 valence electrons. The van der Waals surface area contributed by atoms with Crippen molar-refractivity contribution in [3.05, 3.63) is 39.8 Å². The first-order valence-corrected chi connectivity index (χ1v) is 8.20. The summed E-state index contributed by atoms with van der Waals surface area (Å²) >= 11 is 6.97. The van der Waals surface area contributed by atoms with Gasteiger partial charge in [-0.1, -0.05) is 29.4 Å². The summed E-state index contributed by atoms with van der Waals surface area (Å²) in [6, 6.07) is 0. The van der Waals surface area contributed by atoms with Crippen molar-refractivity contribution in [1.82, 2.24) is 30.0 Å². The van der Waals surface area contributed by atoms with Crippen LogP contribution in [0.1, 0.15) is 12.2 Å². The van der Waals surface area contributed by atoms with Gasteiger partial charge < -0.3 is 4.90 Å². The van der Waals surface area contributed by atoms with Crippen LogP contribution in [0.25, 0.3) is 5.57 Å². The van der Waals surface area contributed by atoms with E-state index in [9.17, 15) is 9.59 Å². The molecule has 2 N–H and O–H groups in total. The lowest BCUT2D eigenvalue weighted by Crippen LogP contribution is -2.36. The highest BCUT2D eigenvalue weighted by Crippen LogP contribution is 2.20. The highest BCUT2D eigenvalue weighted by atomic mass is 35.5. The fraction of sp³-hybridized carbons (Fsp3) is 0.308. The van der Waals surface area contributed by atoms with E-state index in [-0.39, 0.29) is 17.3 Å². The van der Waals surface area contributed by atoms with E-state index in [4.69, 9.17) is 11.6 Å². The molecule has 2 aromatic rings. The number of hydrogen-bond donors (Lipinski definition) is 2. The first-order chi connectivity index (χ1) is 11.1. The number of aromatic amines is 2. The molecule has 0 aliphatic carbocycles. The van der Waals surface area contributed by atoms with Crippen molar-refractivity contribution >= 4 is 34.8 Å². The maximum Gasteiger partial charge on any atom is 0.341 e. The number of nitrogens with one attached hydrogen (secondary N) is 2. The summed E-state index contributed by atoms with van der Waals surface area (Å²) in [5, 5.41) is 6.92. The van der Waals surface area contributed by atoms with Gasteiger partial charge in [-0.25, -0.2) is 19.9 Å². The molecule has 0 unspecified atom stereocenters. The zero-order chi connectivity index (χ0) is 16.2. The van der Waals surface area contributed by atoms with E-state index in [0.29, 0.717) is 35.5 Å². The Labute approximate surface area is 140 Å². The normalized spacial score (nSPS) is 14.7. The summed E-state index contributed by atoms with van der Waals surface area (Å²) in [6.45, 7) is 1.12. The molecule has 8 nitrogen and oxygen atoms in total. The molecule has 0 spiro atoms. The molecule has 0 aromatic carbocycles. The minimum Gasteiger partial charge on any atom is -0.338 e. The highest BCUT2D eigenvalue weighted by Gasteiger charge is 2.19. The summed E-state index contributed by atoms with van der Waals surface area (Å²) in [6.07, 6.45) is 5.76. The van der Waals surface area contributed by atoms with Crippen molar-refractivity contribution in [2.45, 2.75) is 11.6 Å². The molecule has 1 aliphatic heterocycles. The second-order valence-electron chi connectivity index (χ2n) is 4.82. The van der Waals surface area contributed by atoms with Crippen molar-refractivity contribution in [3.63, 3.8) is 0 Å². The largest absolute Gasteiger partial charge is 0.341 e. The minimum atomic E-state index is -0.381. The van der Waals surface area contributed by atoms with Crippen LogP contribution in [0.2, 0.25) is 5.02 Å². The van der Waals surface area contributed by atoms with Crippen molar-refractivity contribution < 1.29 is 4.79 Å². The average Bonchev–Trinajstić information content (AvgIpc) is 2.99. The topological polar surface area (TPSA) is 108 Å². The van der Waals surface area contributed by atoms with E-state index in [0.717, 1.165) is 5.57 Å². The van der Waals surface area contributed by atoms with Crippen molar-refractivity contribution in [2.75, 3.05) is 18.8 Å². The van der Waals surface area contributed by atoms with Gasteiger partial charge in [-0.2, -0.15) is 0 Å². The molecular formula is C13H13ClN6O2S. The molecule has 1 aliphatic rings. The Morgan fingerprint density at radius 3 is 2.78 bits per heavy atom. The van der Waals surface area contributed by atoms with Gasteiger partial charge in [-0.3, -0.25) is 9.78 Å². The van der Waals surface area contributed by atoms with Gasteiger partial charge in [0.15, 0.2) is 11.0 Å². The number of thioether (sulfide) groups is 1. The van der Waals surface area contributed by atoms with Crippen molar-refractivity contribution in [2.24, 2.45) is 0 Å². The van der Waals surface area contributed by atoms with Crippen LogP contribution in [-0.4, -0.2) is 54.8 Å². The molecule has 2 aromatic heterocycles. The van der Waals surface area contributed by atoms with Gasteiger partial charge >= 0.3 is 5.69 Å². The molecule has 3 heterocycles. The summed E-state index contributed by atoms with van der Waals surface area (Å²) in [7, 11) is 0. The SMILES string of the molecule is O=C(CSc1n[nH]c(=O)[nH]1)N1CC=C(c2ncc(Cl)cn2)CC1. The number of hydrogen-bond acceptors (Lipinski definition) is 6. The predicted octanol–water partition coefficient (Wildman–Crippen LogP) is 0.949. The van der Waals surface area contributed by atoms with Crippen molar-refractivity contribution in [1.29, 1.82) is 0 Å². The number of carbonyl (C=O) groups is 1. The zero-order valence-electron chi connectivity index (χ0n) is 12.0. The van der Waals surface area contributed by atoms with Gasteiger partial charge in [-0.05, 0) is 12.0 Å². The first kappa shape index (κ1) is 15.8. The maximum absolute atomic E-state index is 12.2. The first-order valence-electron chi connectivity index (χ1n) is 6.84. The second-order valence-corrected chi connectivity index (χ2v) is 6.22. The lowest BCUT2D eigenvalue weighted by Gasteiger charge is -2.25. The molecule has 0 bridgehead atoms. The average molecular weight is 353 g/mol. The molecule has 23 heavy (non-hydrogen) atoms. The fourth-order valence-electron chi connectivity index (χ4n) is 2.12. The van der Waals surface area contributed by atoms with Crippen LogP contribution in [0.5, 0.6) is 0 Å². The Morgan fingerprint density at radius 1 is 1.39 bits per heavy atom. The van der Waals surface area contributed by atoms with E-state index >= 15 is 0 Å². The van der Waals surface area contributed by atoms with Crippen LogP contribution in [-0.2, 0) is 4.79 Å². The molecule has 0 saturated heterocycles. The van der Waals surface area contributed by atoms with Gasteiger partial charge in [0.05, 0.1) is 10.8 Å². The molecule has 0 atom stereocenters. The molecular weight excluding hydrogens is 340 g/mol. The van der Waals surface area contributed by atoms with Crippen LogP contribution in [0.3, 0.4) is 0 Å². The zero-order valence-corrected chi connectivity index (χ0v) is 13.5. The maximum atomic E-state index is 12.2. The third-order valence-corrected chi connectivity index (χ3v) is 4.33. The minimum absolute atomic E-state index is 0.00817. The van der Waals surface area contributed by atoms with Gasteiger partial charge in [0.1, 0.15) is 0 Å². The molecule has 0 fully saturated rings. The molecule has 0 radical (unpaired) electrons. The van der Waals surface area contributed by atoms with Crippen LogP contribution >= 0.6 is 23.4 Å². The number of halogens is 1. The third-order valence-electron chi connectivity index (χ3n) is 3.28. The number of rotatable bonds is 4. The Bertz CT molecular complexity index is 784. The lowest BCUT2D eigenvalue weighted by molar-refractivity contribution is -0.127. The van der Waals surface area contributed by atoms with Gasteiger partial charge in [-0.15, -0.1) is 5.10 Å². The Kier molecular flexibility index (Phi) is 4.77. The Hall–Kier alpha value is -2.13. The van der Waals surface area contributed by atoms with Gasteiger partial charge in [0.25, 0.3) is 0 Å². The monoisotopic (exact) mass is 352 g/mol. The highest BCUT2D eigenvalue weighted by molar-refractivity contribution is 7.99. The van der Waals surface area contributed by atoms with Crippen LogP contribution in [0, 0.1) is 0 Å². The smallest absolute Gasteiger partial charge is 0.338 e. The number of aromatic nitrogens is 5. The van der Waals surface area contributed by atoms with E-state index < -0.39 is 0 Å². The summed E-state index contributed by atoms with van der Waals surface area (Å²) in [5.74, 6) is 0.859. The number of nitrogens with zero attached hydrogens (tertiary/aromatic N) is 4. The Morgan fingerprint density at radius 2 is 2.17 bits per heavy atom. The number of amides is 1. The summed E-state index contributed by atoms with van der Waals surface area (Å²) in [5.41, 5.74) is 0.628. The standard InChI is InChI=1S/C13H13ClN6O2S/c14-9-5-15-11(16-6-9)8-1-3-20(4-2-8)10(21)7-23-13-17-12(22)18-19-13/h1,5-6H,2-4,7H2,(H2,17,18,19,22). The van der Waals surface area contributed by atoms with Crippen LogP contribution in [0.15, 0.2) is 28.4 Å². The quantitative estimate of drug-likeness (QED) is 0.793. The van der Waals surface area contributed by atoms with Crippen LogP contribution < -0.4 is 5.69 Å². The van der Waals surface area contributed by atoms with E-state index in [1.807, 2.05) is 6.08 Å². The molecule has 3 rings (SSSR count). The third kappa shape index (κ3) is 3.99. The van der Waals surface area contributed by atoms with Crippen LogP contribution in [0.4, 0.5) is 0 Å². The Balaban J connectivity index is 1.56. The van der Waals surface area contributed by atoms with E-state index in [1.165, 1.54) is 11.8 Å². The summed E-state index contributed by atoms with van der Waals surface area (Å²) in [4.78, 5) is 35.7. The molecule has 10 heteroatoms. The van der Waals surface area contributed by atoms with E-state index in [2.05, 4.69) is 25.1 Å². The van der Waals surface area contributed by atoms with E-state index in [1.54, 1.807) is 17.3 Å². The van der Waals surface area contributed by atoms with Crippen molar-refractivity contribution in [3.8, 4) is 0 Å². The lowest BCUT2D eigenvalue weighted by atomic mass is 10.1. The molecule has 1 amide bonds. The predicted molar refractivity (Wildman–Crippen MR) is 86.1 cm³/mol. The van der Waals surface area contributed by atoms with Gasteiger partial charge in [0.2, 0.25) is 5.91 Å². The van der Waals surface area contributed by atoms with Gasteiger partial charge in [0, 0.05) is 25.5 Å². The number of H-pyrrole nitrogens is 2. The second kappa shape index (κ2) is 6.97. The summed E-state index contributed by atoms with van der Waals surface area (Å²) < 4.78 is 0. The molecule has 0 saturated carbocycles. The fourth-order valence-corrected chi connectivity index (χ4v) is 2.94. The number of carbonyl (C=O) groups excluding carboxylic acids is 1.